The second-order valence-corrected chi connectivity index (χ2v) is 8.19. The Morgan fingerprint density at radius 3 is 2.38 bits per heavy atom. The van der Waals surface area contributed by atoms with E-state index in [9.17, 15) is 13.2 Å². The normalized spacial score (nSPS) is 12.5. The molecular weight excluding hydrogens is 423 g/mol. The third kappa shape index (κ3) is 5.02. The smallest absolute Gasteiger partial charge is 0.242 e. The Morgan fingerprint density at radius 2 is 1.77 bits per heavy atom. The molecule has 0 spiro atoms. The van der Waals surface area contributed by atoms with Crippen LogP contribution in [0.4, 0.5) is 5.69 Å². The molecule has 2 rings (SSSR count). The van der Waals surface area contributed by atoms with E-state index in [1.807, 2.05) is 0 Å². The van der Waals surface area contributed by atoms with Gasteiger partial charge in [0.15, 0.2) is 0 Å². The molecule has 2 N–H and O–H groups in total. The summed E-state index contributed by atoms with van der Waals surface area (Å²) in [6, 6.07) is 7.62. The van der Waals surface area contributed by atoms with Crippen LogP contribution in [0.1, 0.15) is 6.92 Å². The second-order valence-electron chi connectivity index (χ2n) is 5.26. The number of methoxy groups -OCH3 is 1. The molecule has 6 nitrogen and oxygen atoms in total. The summed E-state index contributed by atoms with van der Waals surface area (Å²) < 4.78 is 32.2. The second kappa shape index (κ2) is 8.45. The van der Waals surface area contributed by atoms with Crippen molar-refractivity contribution in [2.45, 2.75) is 17.9 Å². The predicted octanol–water partition coefficient (Wildman–Crippen LogP) is 3.96. The van der Waals surface area contributed by atoms with Crippen molar-refractivity contribution in [1.82, 2.24) is 4.72 Å². The van der Waals surface area contributed by atoms with Crippen LogP contribution < -0.4 is 14.8 Å². The maximum atomic E-state index is 12.4. The number of hydrogen-bond donors (Lipinski definition) is 2. The minimum Gasteiger partial charge on any atom is -0.495 e. The Hall–Kier alpha value is -1.51. The van der Waals surface area contributed by atoms with Crippen molar-refractivity contribution < 1.29 is 17.9 Å². The van der Waals surface area contributed by atoms with Crippen molar-refractivity contribution in [2.24, 2.45) is 0 Å². The zero-order valence-corrected chi connectivity index (χ0v) is 16.8. The fraction of sp³-hybridized carbons (Fsp3) is 0.188. The minimum atomic E-state index is -4.04. The molecule has 1 atom stereocenters. The fourth-order valence-corrected chi connectivity index (χ4v) is 4.25. The van der Waals surface area contributed by atoms with Gasteiger partial charge in [-0.3, -0.25) is 4.79 Å². The molecule has 10 heteroatoms. The van der Waals surface area contributed by atoms with E-state index in [2.05, 4.69) is 10.0 Å². The van der Waals surface area contributed by atoms with Gasteiger partial charge in [0.05, 0.1) is 23.2 Å². The van der Waals surface area contributed by atoms with E-state index in [4.69, 9.17) is 39.5 Å². The van der Waals surface area contributed by atoms with Crippen LogP contribution in [0.3, 0.4) is 0 Å². The summed E-state index contributed by atoms with van der Waals surface area (Å²) in [5, 5.41) is 3.08. The highest BCUT2D eigenvalue weighted by Crippen LogP contribution is 2.27. The third-order valence-electron chi connectivity index (χ3n) is 3.33. The monoisotopic (exact) mass is 436 g/mol. The SMILES string of the molecule is COc1ccc(NC(=O)[C@@H](C)NS(=O)(=O)c2cc(Cl)ccc2Cl)cc1Cl. The predicted molar refractivity (Wildman–Crippen MR) is 103 cm³/mol. The summed E-state index contributed by atoms with van der Waals surface area (Å²) >= 11 is 17.7. The van der Waals surface area contributed by atoms with Gasteiger partial charge in [-0.1, -0.05) is 34.8 Å². The number of halogens is 3. The Morgan fingerprint density at radius 1 is 1.08 bits per heavy atom. The molecule has 0 fully saturated rings. The van der Waals surface area contributed by atoms with Gasteiger partial charge in [0.25, 0.3) is 0 Å². The van der Waals surface area contributed by atoms with Crippen molar-refractivity contribution in [2.75, 3.05) is 12.4 Å². The van der Waals surface area contributed by atoms with Crippen LogP contribution in [-0.2, 0) is 14.8 Å². The van der Waals surface area contributed by atoms with Crippen LogP contribution in [0.2, 0.25) is 15.1 Å². The number of nitrogens with one attached hydrogen (secondary N) is 2. The average molecular weight is 438 g/mol. The van der Waals surface area contributed by atoms with E-state index in [0.29, 0.717) is 16.5 Å². The number of carbonyl (C=O) groups is 1. The molecule has 0 heterocycles. The summed E-state index contributed by atoms with van der Waals surface area (Å²) in [6.45, 7) is 1.40. The van der Waals surface area contributed by atoms with Gasteiger partial charge in [0, 0.05) is 10.7 Å². The largest absolute Gasteiger partial charge is 0.495 e. The maximum absolute atomic E-state index is 12.4. The number of amides is 1. The number of sulfonamides is 1. The highest BCUT2D eigenvalue weighted by Gasteiger charge is 2.24. The topological polar surface area (TPSA) is 84.5 Å². The number of anilines is 1. The highest BCUT2D eigenvalue weighted by atomic mass is 35.5. The van der Waals surface area contributed by atoms with Gasteiger partial charge in [-0.05, 0) is 43.3 Å². The lowest BCUT2D eigenvalue weighted by molar-refractivity contribution is -0.117. The van der Waals surface area contributed by atoms with E-state index in [-0.39, 0.29) is 14.9 Å². The van der Waals surface area contributed by atoms with Gasteiger partial charge in [-0.15, -0.1) is 0 Å². The Balaban J connectivity index is 2.13. The lowest BCUT2D eigenvalue weighted by atomic mass is 10.2. The summed E-state index contributed by atoms with van der Waals surface area (Å²) in [6.07, 6.45) is 0. The average Bonchev–Trinajstić information content (AvgIpc) is 2.56. The molecule has 0 radical (unpaired) electrons. The molecule has 0 saturated carbocycles. The van der Waals surface area contributed by atoms with Crippen LogP contribution in [0, 0.1) is 0 Å². The van der Waals surface area contributed by atoms with Crippen molar-refractivity contribution in [3.63, 3.8) is 0 Å². The van der Waals surface area contributed by atoms with Gasteiger partial charge in [-0.25, -0.2) is 8.42 Å². The Labute approximate surface area is 166 Å². The van der Waals surface area contributed by atoms with Crippen LogP contribution in [0.5, 0.6) is 5.75 Å². The fourth-order valence-electron chi connectivity index (χ4n) is 2.03. The third-order valence-corrected chi connectivity index (χ3v) is 5.88. The number of ether oxygens (including phenoxy) is 1. The molecule has 0 aliphatic heterocycles. The summed E-state index contributed by atoms with van der Waals surface area (Å²) in [7, 11) is -2.57. The van der Waals surface area contributed by atoms with E-state index in [0.717, 1.165) is 0 Å². The van der Waals surface area contributed by atoms with Gasteiger partial charge in [0.2, 0.25) is 15.9 Å². The zero-order chi connectivity index (χ0) is 19.5. The molecule has 0 unspecified atom stereocenters. The molecule has 2 aromatic rings. The first-order valence-electron chi connectivity index (χ1n) is 7.26. The molecule has 1 amide bonds. The minimum absolute atomic E-state index is 0.00329. The molecule has 0 bridgehead atoms. The summed E-state index contributed by atoms with van der Waals surface area (Å²) in [5.41, 5.74) is 0.396. The number of rotatable bonds is 6. The van der Waals surface area contributed by atoms with Gasteiger partial charge >= 0.3 is 0 Å². The first-order valence-corrected chi connectivity index (χ1v) is 9.87. The Kier molecular flexibility index (Phi) is 6.76. The van der Waals surface area contributed by atoms with Gasteiger partial charge < -0.3 is 10.1 Å². The van der Waals surface area contributed by atoms with E-state index >= 15 is 0 Å². The van der Waals surface area contributed by atoms with Gasteiger partial charge in [-0.2, -0.15) is 4.72 Å². The number of benzene rings is 2. The van der Waals surface area contributed by atoms with Crippen LogP contribution in [0.25, 0.3) is 0 Å². The summed E-state index contributed by atoms with van der Waals surface area (Å²) in [4.78, 5) is 12.1. The number of hydrogen-bond acceptors (Lipinski definition) is 4. The molecule has 140 valence electrons. The standard InChI is InChI=1S/C16H15Cl3N2O4S/c1-9(16(22)20-11-4-6-14(25-2)13(19)8-11)21-26(23,24)15-7-10(17)3-5-12(15)18/h3-9,21H,1-2H3,(H,20,22)/t9-/m1/s1. The lowest BCUT2D eigenvalue weighted by Gasteiger charge is -2.15. The highest BCUT2D eigenvalue weighted by molar-refractivity contribution is 7.89. The molecule has 0 aliphatic carbocycles. The van der Waals surface area contributed by atoms with Crippen LogP contribution in [0.15, 0.2) is 41.3 Å². The van der Waals surface area contributed by atoms with Crippen molar-refractivity contribution in [1.29, 1.82) is 0 Å². The maximum Gasteiger partial charge on any atom is 0.242 e. The zero-order valence-electron chi connectivity index (χ0n) is 13.7. The Bertz CT molecular complexity index is 935. The van der Waals surface area contributed by atoms with Crippen molar-refractivity contribution in [3.8, 4) is 5.75 Å². The molecule has 0 saturated heterocycles. The first kappa shape index (κ1) is 20.8. The summed E-state index contributed by atoms with van der Waals surface area (Å²) in [5.74, 6) is -0.123. The van der Waals surface area contributed by atoms with E-state index in [1.165, 1.54) is 38.3 Å². The molecular formula is C16H15Cl3N2O4S. The van der Waals surface area contributed by atoms with Crippen LogP contribution in [-0.4, -0.2) is 27.5 Å². The molecule has 2 aromatic carbocycles. The lowest BCUT2D eigenvalue weighted by Crippen LogP contribution is -2.41. The number of carbonyl (C=O) groups excluding carboxylic acids is 1. The first-order chi connectivity index (χ1) is 12.1. The molecule has 0 aromatic heterocycles. The van der Waals surface area contributed by atoms with Crippen molar-refractivity contribution >= 4 is 56.4 Å². The quantitative estimate of drug-likeness (QED) is 0.716. The molecule has 26 heavy (non-hydrogen) atoms. The van der Waals surface area contributed by atoms with E-state index < -0.39 is 22.0 Å². The van der Waals surface area contributed by atoms with Gasteiger partial charge in [0.1, 0.15) is 10.6 Å². The van der Waals surface area contributed by atoms with E-state index in [1.54, 1.807) is 12.1 Å². The van der Waals surface area contributed by atoms with Crippen molar-refractivity contribution in [3.05, 3.63) is 51.5 Å². The van der Waals surface area contributed by atoms with Crippen LogP contribution >= 0.6 is 34.8 Å². The molecule has 0 aliphatic rings.